The SMILES string of the molecule is CC1(C2CC3(CC4CCOc5c(cc(F)c(-c6ccc(F)c7sc(N)c(C#N)c67)c5Cl)C(=O)N4C3)CN2C(=O)n2ccnc2F)CC1. The van der Waals surface area contributed by atoms with Crippen LogP contribution in [0.25, 0.3) is 21.2 Å². The number of rotatable bonds is 2. The first-order valence-corrected chi connectivity index (χ1v) is 16.5. The summed E-state index contributed by atoms with van der Waals surface area (Å²) >= 11 is 7.72. The number of nitriles is 1. The Hall–Kier alpha value is -4.28. The number of carbonyl (C=O) groups is 2. The Morgan fingerprint density at radius 2 is 1.98 bits per heavy atom. The van der Waals surface area contributed by atoms with Crippen LogP contribution in [0.2, 0.25) is 5.02 Å². The summed E-state index contributed by atoms with van der Waals surface area (Å²) in [5.41, 5.74) is 5.48. The second-order valence-corrected chi connectivity index (χ2v) is 14.9. The van der Waals surface area contributed by atoms with Crippen LogP contribution < -0.4 is 10.5 Å². The number of anilines is 1. The van der Waals surface area contributed by atoms with Gasteiger partial charge < -0.3 is 20.3 Å². The molecular formula is C33H28ClF3N6O3S. The Kier molecular flexibility index (Phi) is 6.63. The third kappa shape index (κ3) is 4.44. The normalized spacial score (nSPS) is 24.6. The molecule has 1 aliphatic carbocycles. The molecule has 2 aromatic heterocycles. The number of carbonyl (C=O) groups excluding carboxylic acids is 2. The number of nitrogens with zero attached hydrogens (tertiary/aromatic N) is 5. The summed E-state index contributed by atoms with van der Waals surface area (Å²) in [6.45, 7) is 2.99. The molecule has 4 aliphatic rings. The number of nitrogen functional groups attached to an aromatic ring is 1. The van der Waals surface area contributed by atoms with Crippen LogP contribution in [0, 0.1) is 39.9 Å². The molecule has 2 N–H and O–H groups in total. The second kappa shape index (κ2) is 10.4. The molecule has 5 heterocycles. The van der Waals surface area contributed by atoms with Gasteiger partial charge in [-0.05, 0) is 48.8 Å². The summed E-state index contributed by atoms with van der Waals surface area (Å²) in [4.78, 5) is 34.9. The molecule has 8 rings (SSSR count). The van der Waals surface area contributed by atoms with Gasteiger partial charge in [0.1, 0.15) is 22.7 Å². The number of imidazole rings is 1. The lowest BCUT2D eigenvalue weighted by molar-refractivity contribution is 0.0682. The quantitative estimate of drug-likeness (QED) is 0.249. The highest BCUT2D eigenvalue weighted by Crippen LogP contribution is 2.59. The van der Waals surface area contributed by atoms with Crippen LogP contribution in [0.1, 0.15) is 54.9 Å². The number of likely N-dealkylation sites (tertiary alicyclic amines) is 1. The van der Waals surface area contributed by atoms with Crippen LogP contribution in [0.5, 0.6) is 5.75 Å². The molecular weight excluding hydrogens is 653 g/mol. The fourth-order valence-corrected chi connectivity index (χ4v) is 9.31. The summed E-state index contributed by atoms with van der Waals surface area (Å²) < 4.78 is 52.4. The number of nitrogens with two attached hydrogens (primary N) is 1. The predicted molar refractivity (Wildman–Crippen MR) is 169 cm³/mol. The lowest BCUT2D eigenvalue weighted by atomic mass is 9.80. The fourth-order valence-electron chi connectivity index (χ4n) is 8.01. The fraction of sp³-hybridized carbons (Fsp3) is 0.394. The van der Waals surface area contributed by atoms with E-state index in [0.717, 1.165) is 40.9 Å². The first-order valence-electron chi connectivity index (χ1n) is 15.3. The Labute approximate surface area is 276 Å². The zero-order valence-electron chi connectivity index (χ0n) is 25.2. The van der Waals surface area contributed by atoms with Crippen LogP contribution in [-0.2, 0) is 0 Å². The largest absolute Gasteiger partial charge is 0.491 e. The molecule has 242 valence electrons. The summed E-state index contributed by atoms with van der Waals surface area (Å²) in [7, 11) is 0. The molecule has 47 heavy (non-hydrogen) atoms. The van der Waals surface area contributed by atoms with Gasteiger partial charge in [-0.2, -0.15) is 9.65 Å². The van der Waals surface area contributed by atoms with Gasteiger partial charge in [0.05, 0.1) is 27.5 Å². The number of hydrogen-bond donors (Lipinski definition) is 1. The summed E-state index contributed by atoms with van der Waals surface area (Å²) in [5, 5.41) is 9.83. The topological polar surface area (TPSA) is 117 Å². The number of halogens is 4. The Morgan fingerprint density at radius 1 is 1.19 bits per heavy atom. The number of fused-ring (bicyclic) bond motifs is 3. The molecule has 2 amide bonds. The molecule has 2 aromatic carbocycles. The summed E-state index contributed by atoms with van der Waals surface area (Å²) in [6.07, 6.45) is 5.33. The van der Waals surface area contributed by atoms with E-state index in [1.165, 1.54) is 18.5 Å². The molecule has 14 heteroatoms. The van der Waals surface area contributed by atoms with Crippen molar-refractivity contribution >= 4 is 50.0 Å². The van der Waals surface area contributed by atoms with Gasteiger partial charge in [0.25, 0.3) is 12.0 Å². The van der Waals surface area contributed by atoms with Crippen molar-refractivity contribution < 1.29 is 27.5 Å². The average Bonchev–Trinajstić information content (AvgIpc) is 3.38. The van der Waals surface area contributed by atoms with Crippen LogP contribution in [0.15, 0.2) is 30.6 Å². The minimum atomic E-state index is -0.873. The summed E-state index contributed by atoms with van der Waals surface area (Å²) in [5.74, 6) is -1.88. The molecule has 1 spiro atoms. The van der Waals surface area contributed by atoms with Gasteiger partial charge in [-0.1, -0.05) is 24.6 Å². The third-order valence-electron chi connectivity index (χ3n) is 10.6. The van der Waals surface area contributed by atoms with Crippen molar-refractivity contribution in [3.63, 3.8) is 0 Å². The smallest absolute Gasteiger partial charge is 0.331 e. The van der Waals surface area contributed by atoms with Crippen molar-refractivity contribution in [2.45, 2.75) is 51.1 Å². The van der Waals surface area contributed by atoms with Crippen molar-refractivity contribution in [2.75, 3.05) is 25.4 Å². The lowest BCUT2D eigenvalue weighted by Crippen LogP contribution is -2.43. The van der Waals surface area contributed by atoms with E-state index < -0.39 is 35.1 Å². The van der Waals surface area contributed by atoms with E-state index in [1.807, 2.05) is 6.07 Å². The monoisotopic (exact) mass is 680 g/mol. The number of hydrogen-bond acceptors (Lipinski definition) is 7. The standard InChI is InChI=1S/C33H28ClF3N6O3S/c1-32(5-6-32)22-12-33(15-43(22)31(45)41-8-7-40-30(41)37)11-16-4-9-46-26-18(29(44)42(16)14-33)10-21(36)24(25(26)34)17-2-3-20(35)27-23(17)19(13-38)28(39)47-27/h2-3,7-8,10,16,22H,4-6,9,11-12,14-15,39H2,1H3. The summed E-state index contributed by atoms with van der Waals surface area (Å²) in [6, 6.07) is 4.73. The van der Waals surface area contributed by atoms with E-state index >= 15 is 4.39 Å². The van der Waals surface area contributed by atoms with E-state index in [4.69, 9.17) is 22.1 Å². The maximum atomic E-state index is 16.1. The number of ether oxygens (including phenoxy) is 1. The zero-order chi connectivity index (χ0) is 33.0. The molecule has 4 aromatic rings. The van der Waals surface area contributed by atoms with E-state index in [1.54, 1.807) is 9.80 Å². The Balaban J connectivity index is 1.16. The first-order chi connectivity index (χ1) is 22.4. The van der Waals surface area contributed by atoms with Gasteiger partial charge in [0, 0.05) is 60.4 Å². The number of benzene rings is 2. The Morgan fingerprint density at radius 3 is 2.68 bits per heavy atom. The maximum absolute atomic E-state index is 16.1. The van der Waals surface area contributed by atoms with Crippen LogP contribution in [0.4, 0.5) is 23.0 Å². The molecule has 0 radical (unpaired) electrons. The molecule has 3 atom stereocenters. The molecule has 3 fully saturated rings. The van der Waals surface area contributed by atoms with Crippen molar-refractivity contribution in [3.8, 4) is 22.9 Å². The van der Waals surface area contributed by atoms with Gasteiger partial charge in [0.15, 0.2) is 5.75 Å². The van der Waals surface area contributed by atoms with E-state index in [9.17, 15) is 23.6 Å². The van der Waals surface area contributed by atoms with E-state index in [-0.39, 0.29) is 72.2 Å². The highest BCUT2D eigenvalue weighted by Gasteiger charge is 2.60. The minimum Gasteiger partial charge on any atom is -0.491 e. The van der Waals surface area contributed by atoms with Gasteiger partial charge in [-0.15, -0.1) is 11.3 Å². The van der Waals surface area contributed by atoms with E-state index in [2.05, 4.69) is 11.9 Å². The zero-order valence-corrected chi connectivity index (χ0v) is 26.7. The van der Waals surface area contributed by atoms with Gasteiger partial charge in [-0.3, -0.25) is 4.79 Å². The van der Waals surface area contributed by atoms with Crippen molar-refractivity contribution in [1.29, 1.82) is 5.26 Å². The average molecular weight is 681 g/mol. The first kappa shape index (κ1) is 30.1. The maximum Gasteiger partial charge on any atom is 0.331 e. The second-order valence-electron chi connectivity index (χ2n) is 13.5. The third-order valence-corrected chi connectivity index (χ3v) is 12.0. The van der Waals surface area contributed by atoms with Crippen LogP contribution in [-0.4, -0.2) is 63.1 Å². The number of thiophene rings is 1. The molecule has 2 saturated heterocycles. The van der Waals surface area contributed by atoms with Crippen LogP contribution >= 0.6 is 22.9 Å². The van der Waals surface area contributed by atoms with E-state index in [0.29, 0.717) is 32.4 Å². The number of aromatic nitrogens is 2. The highest BCUT2D eigenvalue weighted by atomic mass is 35.5. The molecule has 0 bridgehead atoms. The highest BCUT2D eigenvalue weighted by molar-refractivity contribution is 7.23. The predicted octanol–water partition coefficient (Wildman–Crippen LogP) is 6.82. The van der Waals surface area contributed by atoms with Gasteiger partial charge in [0.2, 0.25) is 0 Å². The Bertz CT molecular complexity index is 2070. The van der Waals surface area contributed by atoms with Gasteiger partial charge >= 0.3 is 6.03 Å². The lowest BCUT2D eigenvalue weighted by Gasteiger charge is -2.29. The molecule has 3 aliphatic heterocycles. The minimum absolute atomic E-state index is 0.00817. The van der Waals surface area contributed by atoms with Crippen molar-refractivity contribution in [2.24, 2.45) is 10.8 Å². The molecule has 1 saturated carbocycles. The number of amides is 2. The van der Waals surface area contributed by atoms with Crippen molar-refractivity contribution in [1.82, 2.24) is 19.4 Å². The molecule has 3 unspecified atom stereocenters. The van der Waals surface area contributed by atoms with Gasteiger partial charge in [-0.25, -0.2) is 23.1 Å². The molecule has 9 nitrogen and oxygen atoms in total. The van der Waals surface area contributed by atoms with Crippen LogP contribution in [0.3, 0.4) is 0 Å². The van der Waals surface area contributed by atoms with Crippen molar-refractivity contribution in [3.05, 3.63) is 64.5 Å².